The minimum absolute atomic E-state index is 0.157. The van der Waals surface area contributed by atoms with Gasteiger partial charge < -0.3 is 5.73 Å². The number of benzene rings is 1. The lowest BCUT2D eigenvalue weighted by Gasteiger charge is -2.07. The molecule has 0 bridgehead atoms. The monoisotopic (exact) mass is 327 g/mol. The maximum atomic E-state index is 11.3. The van der Waals surface area contributed by atoms with Crippen molar-refractivity contribution in [1.82, 2.24) is 0 Å². The fourth-order valence-electron chi connectivity index (χ4n) is 1.89. The van der Waals surface area contributed by atoms with Crippen LogP contribution in [0.3, 0.4) is 0 Å². The number of nitro benzene ring substituents is 1. The zero-order valence-corrected chi connectivity index (χ0v) is 13.9. The third-order valence-electron chi connectivity index (χ3n) is 3.62. The Bertz CT molecular complexity index is 733. The first kappa shape index (κ1) is 19.0. The van der Waals surface area contributed by atoms with E-state index in [9.17, 15) is 14.9 Å². The predicted octanol–water partition coefficient (Wildman–Crippen LogP) is 3.78. The van der Waals surface area contributed by atoms with Crippen molar-refractivity contribution in [3.63, 3.8) is 0 Å². The number of aliphatic imine (C=N–C) groups is 1. The number of allylic oxidation sites excluding steroid dienone is 3. The summed E-state index contributed by atoms with van der Waals surface area (Å²) in [5, 5.41) is 11.2. The van der Waals surface area contributed by atoms with Crippen LogP contribution in [0.2, 0.25) is 0 Å². The van der Waals surface area contributed by atoms with Crippen molar-refractivity contribution in [1.29, 1.82) is 0 Å². The van der Waals surface area contributed by atoms with Crippen LogP contribution >= 0.6 is 0 Å². The third-order valence-corrected chi connectivity index (χ3v) is 3.62. The molecule has 0 aliphatic rings. The van der Waals surface area contributed by atoms with E-state index in [0.29, 0.717) is 11.6 Å². The van der Waals surface area contributed by atoms with Gasteiger partial charge in [-0.2, -0.15) is 0 Å². The summed E-state index contributed by atoms with van der Waals surface area (Å²) in [7, 11) is 0. The largest absolute Gasteiger partial charge is 0.365 e. The quantitative estimate of drug-likeness (QED) is 0.340. The number of primary amides is 1. The average molecular weight is 327 g/mol. The SMILES string of the molecule is C=C(/C=C\C(=C)[C@H](C)CC)N=Cc1cccc(C(N)=O)c1[N+](=O)[O-]. The van der Waals surface area contributed by atoms with Crippen LogP contribution in [0, 0.1) is 16.0 Å². The van der Waals surface area contributed by atoms with Crippen LogP contribution in [0.15, 0.2) is 59.8 Å². The van der Waals surface area contributed by atoms with Gasteiger partial charge in [0.15, 0.2) is 0 Å². The summed E-state index contributed by atoms with van der Waals surface area (Å²) in [6.45, 7) is 11.9. The molecule has 1 aromatic carbocycles. The third kappa shape index (κ3) is 5.01. The van der Waals surface area contributed by atoms with Crippen molar-refractivity contribution < 1.29 is 9.72 Å². The Morgan fingerprint density at radius 3 is 2.62 bits per heavy atom. The van der Waals surface area contributed by atoms with Gasteiger partial charge in [-0.25, -0.2) is 0 Å². The first-order valence-corrected chi connectivity index (χ1v) is 7.45. The standard InChI is InChI=1S/C18H21N3O3/c1-5-12(2)13(3)9-10-14(4)20-11-15-7-6-8-16(18(19)22)17(15)21(23)24/h6-12H,3-5H2,1-2H3,(H2,19,22)/b10-9-,20-11?/t12-/m1/s1. The maximum Gasteiger partial charge on any atom is 0.290 e. The van der Waals surface area contributed by atoms with Gasteiger partial charge in [-0.15, -0.1) is 0 Å². The van der Waals surface area contributed by atoms with Crippen LogP contribution < -0.4 is 5.73 Å². The van der Waals surface area contributed by atoms with E-state index in [2.05, 4.69) is 32.0 Å². The van der Waals surface area contributed by atoms with Crippen LogP contribution in [-0.2, 0) is 0 Å². The predicted molar refractivity (Wildman–Crippen MR) is 96.1 cm³/mol. The molecular formula is C18H21N3O3. The number of nitrogens with zero attached hydrogens (tertiary/aromatic N) is 2. The summed E-state index contributed by atoms with van der Waals surface area (Å²) in [4.78, 5) is 26.0. The molecule has 1 aromatic rings. The Kier molecular flexibility index (Phi) is 6.79. The average Bonchev–Trinajstić information content (AvgIpc) is 2.56. The first-order valence-electron chi connectivity index (χ1n) is 7.45. The van der Waals surface area contributed by atoms with Crippen molar-refractivity contribution in [2.75, 3.05) is 0 Å². The Morgan fingerprint density at radius 1 is 1.42 bits per heavy atom. The highest BCUT2D eigenvalue weighted by Gasteiger charge is 2.21. The molecular weight excluding hydrogens is 306 g/mol. The van der Waals surface area contributed by atoms with Crippen LogP contribution in [0.5, 0.6) is 0 Å². The van der Waals surface area contributed by atoms with Gasteiger partial charge in [0.2, 0.25) is 0 Å². The number of hydrogen-bond acceptors (Lipinski definition) is 4. The summed E-state index contributed by atoms with van der Waals surface area (Å²) in [5.74, 6) is -0.508. The molecule has 1 atom stereocenters. The van der Waals surface area contributed by atoms with Crippen molar-refractivity contribution in [3.05, 3.63) is 76.0 Å². The van der Waals surface area contributed by atoms with Gasteiger partial charge in [0.05, 0.1) is 16.2 Å². The van der Waals surface area contributed by atoms with Gasteiger partial charge in [0.25, 0.3) is 11.6 Å². The first-order chi connectivity index (χ1) is 11.3. The molecule has 0 aliphatic carbocycles. The second-order valence-electron chi connectivity index (χ2n) is 5.33. The molecule has 0 fully saturated rings. The molecule has 0 saturated heterocycles. The van der Waals surface area contributed by atoms with Gasteiger partial charge in [0.1, 0.15) is 5.56 Å². The fraction of sp³-hybridized carbons (Fsp3) is 0.222. The second-order valence-corrected chi connectivity index (χ2v) is 5.33. The topological polar surface area (TPSA) is 98.6 Å². The smallest absolute Gasteiger partial charge is 0.290 e. The summed E-state index contributed by atoms with van der Waals surface area (Å²) < 4.78 is 0. The van der Waals surface area contributed by atoms with Gasteiger partial charge in [-0.05, 0) is 30.5 Å². The Labute approximate surface area is 141 Å². The van der Waals surface area contributed by atoms with Gasteiger partial charge in [-0.3, -0.25) is 19.9 Å². The molecule has 0 saturated carbocycles. The summed E-state index contributed by atoms with van der Waals surface area (Å²) in [5.41, 5.74) is 6.21. The van der Waals surface area contributed by atoms with Crippen molar-refractivity contribution in [3.8, 4) is 0 Å². The van der Waals surface area contributed by atoms with Crippen LogP contribution in [0.1, 0.15) is 36.2 Å². The van der Waals surface area contributed by atoms with E-state index in [4.69, 9.17) is 5.73 Å². The molecule has 6 nitrogen and oxygen atoms in total. The fourth-order valence-corrected chi connectivity index (χ4v) is 1.89. The number of nitrogens with two attached hydrogens (primary N) is 1. The molecule has 24 heavy (non-hydrogen) atoms. The Balaban J connectivity index is 3.03. The van der Waals surface area contributed by atoms with Gasteiger partial charge in [-0.1, -0.05) is 44.7 Å². The number of nitro groups is 1. The highest BCUT2D eigenvalue weighted by molar-refractivity contribution is 6.01. The summed E-state index contributed by atoms with van der Waals surface area (Å²) >= 11 is 0. The van der Waals surface area contributed by atoms with Crippen molar-refractivity contribution in [2.24, 2.45) is 16.6 Å². The molecule has 126 valence electrons. The lowest BCUT2D eigenvalue weighted by molar-refractivity contribution is -0.385. The molecule has 0 heterocycles. The number of para-hydroxylation sites is 1. The molecule has 0 spiro atoms. The van der Waals surface area contributed by atoms with Gasteiger partial charge in [0, 0.05) is 6.21 Å². The van der Waals surface area contributed by atoms with E-state index in [1.807, 2.05) is 6.08 Å². The number of carbonyl (C=O) groups is 1. The van der Waals surface area contributed by atoms with E-state index in [-0.39, 0.29) is 16.8 Å². The molecule has 0 aliphatic heterocycles. The van der Waals surface area contributed by atoms with E-state index >= 15 is 0 Å². The molecule has 1 amide bonds. The molecule has 1 rings (SSSR count). The number of carbonyl (C=O) groups excluding carboxylic acids is 1. The van der Waals surface area contributed by atoms with E-state index in [1.165, 1.54) is 24.4 Å². The van der Waals surface area contributed by atoms with Crippen molar-refractivity contribution >= 4 is 17.8 Å². The number of rotatable bonds is 8. The van der Waals surface area contributed by atoms with Gasteiger partial charge >= 0.3 is 0 Å². The van der Waals surface area contributed by atoms with E-state index < -0.39 is 10.8 Å². The summed E-state index contributed by atoms with van der Waals surface area (Å²) in [6.07, 6.45) is 5.78. The lowest BCUT2D eigenvalue weighted by atomic mass is 10.00. The zero-order valence-electron chi connectivity index (χ0n) is 13.9. The lowest BCUT2D eigenvalue weighted by Crippen LogP contribution is -2.14. The molecule has 0 unspecified atom stereocenters. The minimum Gasteiger partial charge on any atom is -0.365 e. The zero-order chi connectivity index (χ0) is 18.3. The van der Waals surface area contributed by atoms with Crippen molar-refractivity contribution in [2.45, 2.75) is 20.3 Å². The molecule has 2 N–H and O–H groups in total. The molecule has 6 heteroatoms. The Hall–Kier alpha value is -3.02. The number of amides is 1. The highest BCUT2D eigenvalue weighted by atomic mass is 16.6. The maximum absolute atomic E-state index is 11.3. The normalized spacial score (nSPS) is 12.4. The minimum atomic E-state index is -0.861. The van der Waals surface area contributed by atoms with Crippen LogP contribution in [0.25, 0.3) is 0 Å². The Morgan fingerprint density at radius 2 is 2.08 bits per heavy atom. The second kappa shape index (κ2) is 8.57. The van der Waals surface area contributed by atoms with Crippen LogP contribution in [-0.4, -0.2) is 17.0 Å². The summed E-state index contributed by atoms with van der Waals surface area (Å²) in [6, 6.07) is 4.31. The highest BCUT2D eigenvalue weighted by Crippen LogP contribution is 2.22. The molecule has 0 aromatic heterocycles. The molecule has 0 radical (unpaired) electrons. The number of hydrogen-bond donors (Lipinski definition) is 1. The van der Waals surface area contributed by atoms with E-state index in [0.717, 1.165) is 12.0 Å². The van der Waals surface area contributed by atoms with Crippen LogP contribution in [0.4, 0.5) is 5.69 Å². The van der Waals surface area contributed by atoms with E-state index in [1.54, 1.807) is 6.08 Å².